The van der Waals surface area contributed by atoms with E-state index < -0.39 is 73.0 Å². The Morgan fingerprint density at radius 1 is 0.376 bits per heavy atom. The molecule has 0 saturated heterocycles. The molecule has 7 aromatic carbocycles. The fourth-order valence-electron chi connectivity index (χ4n) is 10.5. The maximum absolute atomic E-state index is 12.5. The molecule has 125 heavy (non-hydrogen) atoms. The molecule has 2 fully saturated rings. The van der Waals surface area contributed by atoms with Crippen molar-refractivity contribution in [3.63, 3.8) is 0 Å². The lowest BCUT2D eigenvalue weighted by Crippen LogP contribution is -2.36. The Bertz CT molecular complexity index is 5590. The number of aromatic nitrogens is 4. The van der Waals surface area contributed by atoms with Crippen LogP contribution in [0.5, 0.6) is 11.5 Å². The van der Waals surface area contributed by atoms with Crippen LogP contribution in [0.1, 0.15) is 86.5 Å². The molecule has 0 bridgehead atoms. The van der Waals surface area contributed by atoms with Gasteiger partial charge in [0.05, 0.1) is 24.5 Å². The van der Waals surface area contributed by atoms with Crippen molar-refractivity contribution in [3.8, 4) is 11.5 Å². The van der Waals surface area contributed by atoms with E-state index in [0.717, 1.165) is 47.9 Å². The Hall–Kier alpha value is -12.4. The molecule has 2 aliphatic rings. The molecule has 42 heteroatoms. The Morgan fingerprint density at radius 2 is 0.672 bits per heavy atom. The van der Waals surface area contributed by atoms with Crippen molar-refractivity contribution >= 4 is 130 Å². The second-order valence-electron chi connectivity index (χ2n) is 26.4. The summed E-state index contributed by atoms with van der Waals surface area (Å²) in [6, 6.07) is 58.3. The number of rotatable bonds is 20. The van der Waals surface area contributed by atoms with Crippen molar-refractivity contribution in [2.24, 2.45) is 11.5 Å². The van der Waals surface area contributed by atoms with E-state index in [2.05, 4.69) is 66.6 Å². The normalized spacial score (nSPS) is 12.4. The number of sulfonamides is 1. The predicted octanol–water partition coefficient (Wildman–Crippen LogP) is 14.3. The zero-order valence-corrected chi connectivity index (χ0v) is 72.3. The van der Waals surface area contributed by atoms with Gasteiger partial charge in [-0.2, -0.15) is 25.3 Å². The van der Waals surface area contributed by atoms with E-state index in [9.17, 15) is 66.1 Å². The summed E-state index contributed by atoms with van der Waals surface area (Å²) in [7, 11) is -14.6. The lowest BCUT2D eigenvalue weighted by Gasteiger charge is -2.22. The number of hydrogen-bond donors (Lipinski definition) is 14. The molecule has 4 aromatic heterocycles. The number of urea groups is 3. The van der Waals surface area contributed by atoms with Gasteiger partial charge < -0.3 is 58.6 Å². The van der Waals surface area contributed by atoms with Crippen LogP contribution in [0.2, 0.25) is 0 Å². The predicted molar refractivity (Wildman–Crippen MR) is 474 cm³/mol. The van der Waals surface area contributed by atoms with Crippen molar-refractivity contribution in [2.45, 2.75) is 127 Å². The number of carbonyl (C=O) groups excluding carboxylic acids is 5. The van der Waals surface area contributed by atoms with E-state index in [-0.39, 0.29) is 36.6 Å². The molecule has 4 heterocycles. The van der Waals surface area contributed by atoms with Crippen LogP contribution in [0.15, 0.2) is 305 Å². The van der Waals surface area contributed by atoms with Gasteiger partial charge in [-0.1, -0.05) is 74.9 Å². The molecule has 35 nitrogen and oxygen atoms in total. The first-order valence-corrected chi connectivity index (χ1v) is 46.3. The third-order valence-corrected chi connectivity index (χ3v) is 22.5. The van der Waals surface area contributed by atoms with Gasteiger partial charge in [0.15, 0.2) is 0 Å². The van der Waals surface area contributed by atoms with E-state index in [0.29, 0.717) is 72.2 Å². The number of nitrogens with two attached hydrogens (primary N) is 3. The van der Waals surface area contributed by atoms with Gasteiger partial charge in [-0.3, -0.25) is 38.9 Å². The first-order valence-electron chi connectivity index (χ1n) is 37.8. The van der Waals surface area contributed by atoms with Crippen molar-refractivity contribution in [3.05, 3.63) is 302 Å². The summed E-state index contributed by atoms with van der Waals surface area (Å²) in [5.74, 6) is 0.849. The quantitative estimate of drug-likeness (QED) is 0.0191. The first-order chi connectivity index (χ1) is 59.5. The first kappa shape index (κ1) is 101. The van der Waals surface area contributed by atoms with Crippen LogP contribution in [0, 0.1) is 0 Å². The lowest BCUT2D eigenvalue weighted by atomic mass is 9.96. The van der Waals surface area contributed by atoms with Crippen LogP contribution in [0.25, 0.3) is 0 Å². The van der Waals surface area contributed by atoms with Gasteiger partial charge in [0.2, 0.25) is 10.0 Å². The van der Waals surface area contributed by atoms with Crippen molar-refractivity contribution in [1.82, 2.24) is 40.6 Å². The zero-order valence-electron chi connectivity index (χ0n) is 66.7. The van der Waals surface area contributed by atoms with E-state index in [4.69, 9.17) is 57.9 Å². The summed E-state index contributed by atoms with van der Waals surface area (Å²) in [5.41, 5.74) is 21.5. The highest BCUT2D eigenvalue weighted by atomic mass is 35.7. The second-order valence-corrected chi connectivity index (χ2v) is 35.3. The largest absolute Gasteiger partial charge is 0.417 e. The summed E-state index contributed by atoms with van der Waals surface area (Å²) in [6.45, 7) is 1.69. The number of anilines is 5. The maximum atomic E-state index is 12.5. The summed E-state index contributed by atoms with van der Waals surface area (Å²) < 4.78 is 150. The number of halogens is 2. The van der Waals surface area contributed by atoms with Crippen molar-refractivity contribution < 1.29 is 89.2 Å². The Morgan fingerprint density at radius 3 is 0.968 bits per heavy atom. The van der Waals surface area contributed by atoms with E-state index in [1.54, 1.807) is 141 Å². The van der Waals surface area contributed by atoms with Gasteiger partial charge in [0.1, 0.15) is 11.5 Å². The third kappa shape index (κ3) is 42.5. The lowest BCUT2D eigenvalue weighted by molar-refractivity contribution is 0.215. The van der Waals surface area contributed by atoms with E-state index in [1.165, 1.54) is 148 Å². The van der Waals surface area contributed by atoms with E-state index >= 15 is 0 Å². The maximum Gasteiger partial charge on any atom is 0.417 e. The van der Waals surface area contributed by atoms with Gasteiger partial charge in [0, 0.05) is 139 Å². The monoisotopic (exact) mass is 1850 g/mol. The summed E-state index contributed by atoms with van der Waals surface area (Å²) in [5, 5.41) is 18.3. The number of nitrogens with zero attached hydrogens (tertiary/aromatic N) is 4. The number of amides is 7. The highest BCUT2D eigenvalue weighted by Crippen LogP contribution is 2.24. The van der Waals surface area contributed by atoms with Crippen LogP contribution < -0.4 is 68.6 Å². The van der Waals surface area contributed by atoms with Gasteiger partial charge in [-0.05, 0) is 242 Å². The third-order valence-electron chi connectivity index (χ3n) is 16.9. The summed E-state index contributed by atoms with van der Waals surface area (Å²) in [6.07, 6.45) is 24.4. The van der Waals surface area contributed by atoms with Crippen LogP contribution in [-0.4, -0.2) is 117 Å². The van der Waals surface area contributed by atoms with Gasteiger partial charge in [-0.15, -0.1) is 0 Å². The number of para-hydroxylation sites is 2. The minimum absolute atomic E-state index is 0.0144. The topological polar surface area (TPSA) is 561 Å². The number of hydrogen-bond acceptors (Lipinski definition) is 24. The molecule has 2 saturated carbocycles. The standard InChI is InChI=1S/C19H24N4O3S.C13H12ClN3O3S.C13H13N3O4S.C13H11NO5S.C7H5ClO2.C6H8N2.C6H7NO3S.C6H13N/c24-19(21-14-15-10-12-20-13-11-15)22-16-6-8-18(9-7-16)27(25,26)23-17-4-2-1-3-5-17;14-21(19,20)12-3-1-11(2-4-12)17-13(18)16-9-10-5-7-15-8-6-10;17-13(15-9-10-5-7-14-8-6-10)16-11-1-3-12(4-2-11)21(18,19)20;15-13(19-11-4-2-1-3-5-11)14-10-6-8-12(9-7-10)20(16,17)18;8-7(9)10-6-4-2-1-3-5-6;7-5-6-1-3-8-4-2-6;7-5-1-3-6(4-2-5)11(8,9)10;7-6-4-2-1-3-5-6/h6-13,17,23H,1-5,14H2,(H2,21,22,24);1-8H,9H2,(H2,16,17,18);1-8H,9H2,(H2,15,16,17)(H,18,19,20);1-9H,(H,14,15)(H,16,17,18);1-5H;1-4H,5,7H2;1-4H,7H2,(H,8,9,10);6H,1-5,7H2. The average Bonchev–Trinajstić information content (AvgIpc) is 0.822. The SMILES string of the molecule is NC1CCCCC1.NCc1ccncc1.Nc1ccc(S(=O)(=O)O)cc1.O=C(Cl)Oc1ccccc1.O=C(NCc1ccncc1)Nc1ccc(S(=O)(=O)Cl)cc1.O=C(NCc1ccncc1)Nc1ccc(S(=O)(=O)NC2CCCCC2)cc1.O=C(NCc1ccncc1)Nc1ccc(S(=O)(=O)O)cc1.O=C(Nc1ccc(S(=O)(=O)O)cc1)Oc1ccccc1. The number of carbonyl (C=O) groups is 5. The van der Waals surface area contributed by atoms with Gasteiger partial charge in [-0.25, -0.2) is 45.5 Å². The highest BCUT2D eigenvalue weighted by Gasteiger charge is 2.23. The van der Waals surface area contributed by atoms with Gasteiger partial charge >= 0.3 is 29.6 Å². The minimum atomic E-state index is -4.24. The summed E-state index contributed by atoms with van der Waals surface area (Å²) >= 11 is 4.95. The molecule has 0 atom stereocenters. The number of ether oxygens (including phenoxy) is 2. The number of nitrogens with one attached hydrogen (secondary N) is 8. The van der Waals surface area contributed by atoms with E-state index in [1.807, 2.05) is 30.3 Å². The van der Waals surface area contributed by atoms with Crippen molar-refractivity contribution in [1.29, 1.82) is 0 Å². The molecular weight excluding hydrogens is 1760 g/mol. The zero-order chi connectivity index (χ0) is 91.1. The summed E-state index contributed by atoms with van der Waals surface area (Å²) in [4.78, 5) is 72.1. The van der Waals surface area contributed by atoms with Crippen LogP contribution in [0.4, 0.5) is 52.4 Å². The number of benzene rings is 7. The van der Waals surface area contributed by atoms with Crippen LogP contribution in [0.3, 0.4) is 0 Å². The Kier molecular flexibility index (Phi) is 42.9. The molecule has 17 N–H and O–H groups in total. The molecule has 0 spiro atoms. The molecule has 0 unspecified atom stereocenters. The smallest absolute Gasteiger partial charge is 0.415 e. The number of pyridine rings is 4. The molecule has 2 aliphatic carbocycles. The van der Waals surface area contributed by atoms with Crippen molar-refractivity contribution in [2.75, 3.05) is 27.0 Å². The van der Waals surface area contributed by atoms with Gasteiger partial charge in [0.25, 0.3) is 39.4 Å². The highest BCUT2D eigenvalue weighted by molar-refractivity contribution is 8.13. The Balaban J connectivity index is 0.000000228. The fraction of sp³-hybridized carbons (Fsp3) is 0.193. The molecule has 0 aliphatic heterocycles. The average molecular weight is 1850 g/mol. The molecular formula is C83H93Cl2N15O20S5. The van der Waals surface area contributed by atoms with Crippen LogP contribution in [-0.2, 0) is 75.6 Å². The Labute approximate surface area is 733 Å². The number of nitrogen functional groups attached to an aromatic ring is 1. The molecule has 0 radical (unpaired) electrons. The van der Waals surface area contributed by atoms with Crippen LogP contribution >= 0.6 is 22.3 Å². The molecule has 11 aromatic rings. The minimum Gasteiger partial charge on any atom is -0.415 e. The fourth-order valence-corrected chi connectivity index (χ4v) is 14.1. The molecule has 664 valence electrons. The molecule has 7 amide bonds. The second kappa shape index (κ2) is 52.9. The molecule has 13 rings (SSSR count).